The molecule has 0 aromatic carbocycles. The fourth-order valence-electron chi connectivity index (χ4n) is 0. The van der Waals surface area contributed by atoms with E-state index >= 15 is 0 Å². The molecular weight excluding hydrogens is 180 g/mol. The zero-order valence-electron chi connectivity index (χ0n) is 13.6. The third-order valence-electron chi connectivity index (χ3n) is 0. The molecule has 0 aliphatic carbocycles. The van der Waals surface area contributed by atoms with Gasteiger partial charge in [-0.15, -0.1) is 0 Å². The van der Waals surface area contributed by atoms with Crippen molar-refractivity contribution >= 4 is 0 Å². The highest BCUT2D eigenvalue weighted by atomic mass is 13.7. The zero-order valence-corrected chi connectivity index (χ0v) is 13.6. The summed E-state index contributed by atoms with van der Waals surface area (Å²) < 4.78 is 0. The third kappa shape index (κ3) is 0. The number of rotatable bonds is 0. The van der Waals surface area contributed by atoms with Gasteiger partial charge in [0.05, 0.1) is 0 Å². The van der Waals surface area contributed by atoms with Crippen molar-refractivity contribution < 1.29 is 0 Å². The molecule has 0 spiro atoms. The van der Waals surface area contributed by atoms with Crippen LogP contribution in [0.3, 0.4) is 0 Å². The van der Waals surface area contributed by atoms with Crippen molar-refractivity contribution in [3.8, 4) is 0 Å². The Balaban J connectivity index is -0.0000000105. The molecule has 0 nitrogen and oxygen atoms in total. The van der Waals surface area contributed by atoms with Crippen LogP contribution in [0.1, 0.15) is 97.4 Å². The molecular formula is C15H44. The van der Waals surface area contributed by atoms with Crippen molar-refractivity contribution in [3.05, 3.63) is 0 Å². The van der Waals surface area contributed by atoms with Crippen LogP contribution < -0.4 is 0 Å². The topological polar surface area (TPSA) is 0 Å². The maximum Gasteiger partial charge on any atom is -0.0500 e. The van der Waals surface area contributed by atoms with Gasteiger partial charge in [0.1, 0.15) is 0 Å². The lowest BCUT2D eigenvalue weighted by Gasteiger charge is -1.79. The van der Waals surface area contributed by atoms with Gasteiger partial charge in [-0.1, -0.05) is 97.4 Å². The van der Waals surface area contributed by atoms with Crippen molar-refractivity contribution in [2.24, 2.45) is 5.92 Å². The van der Waals surface area contributed by atoms with Gasteiger partial charge in [0.15, 0.2) is 0 Å². The van der Waals surface area contributed by atoms with E-state index in [-0.39, 0.29) is 7.43 Å². The molecule has 0 heteroatoms. The van der Waals surface area contributed by atoms with E-state index in [1.165, 1.54) is 0 Å². The second kappa shape index (κ2) is 263. The smallest absolute Gasteiger partial charge is 0.0500 e. The van der Waals surface area contributed by atoms with Gasteiger partial charge in [-0.05, 0) is 5.92 Å². The number of hydrogen-bond donors (Lipinski definition) is 0. The first-order valence-corrected chi connectivity index (χ1v) is 6.73. The molecule has 0 saturated heterocycles. The van der Waals surface area contributed by atoms with Crippen LogP contribution >= 0.6 is 0 Å². The summed E-state index contributed by atoms with van der Waals surface area (Å²) in [5.74, 6) is 0.833. The lowest BCUT2D eigenvalue weighted by atomic mass is 10.3. The van der Waals surface area contributed by atoms with Gasteiger partial charge in [-0.25, -0.2) is 0 Å². The van der Waals surface area contributed by atoms with Crippen molar-refractivity contribution in [3.63, 3.8) is 0 Å². The van der Waals surface area contributed by atoms with Crippen molar-refractivity contribution in [2.45, 2.75) is 97.4 Å². The zero-order chi connectivity index (χ0) is 13.6. The molecule has 0 aliphatic heterocycles. The minimum atomic E-state index is 0. The van der Waals surface area contributed by atoms with Crippen LogP contribution in [-0.2, 0) is 0 Å². The Hall–Kier alpha value is 0. The maximum absolute atomic E-state index is 2.17. The lowest BCUT2D eigenvalue weighted by Crippen LogP contribution is -1.66. The molecule has 15 heavy (non-hydrogen) atoms. The average Bonchev–Trinajstić information content (AvgIpc) is 2.30. The van der Waals surface area contributed by atoms with Crippen LogP contribution in [-0.4, -0.2) is 0 Å². The van der Waals surface area contributed by atoms with Gasteiger partial charge in [-0.3, -0.25) is 0 Å². The Kier molecular flexibility index (Phi) is 805. The predicted molar refractivity (Wildman–Crippen MR) is 84.0 cm³/mol. The van der Waals surface area contributed by atoms with Gasteiger partial charge in [0, 0.05) is 0 Å². The first kappa shape index (κ1) is 45.9. The highest BCUT2D eigenvalue weighted by Gasteiger charge is 1.68. The molecule has 0 aromatic rings. The largest absolute Gasteiger partial charge is 0.0776 e. The molecule has 0 radical (unpaired) electrons. The van der Waals surface area contributed by atoms with Gasteiger partial charge < -0.3 is 0 Å². The second-order valence-corrected chi connectivity index (χ2v) is 1.73. The summed E-state index contributed by atoms with van der Waals surface area (Å²) in [6, 6.07) is 0. The lowest BCUT2D eigenvalue weighted by molar-refractivity contribution is 0.737. The van der Waals surface area contributed by atoms with E-state index in [2.05, 4.69) is 20.8 Å². The Morgan fingerprint density at radius 1 is 0.400 bits per heavy atom. The Labute approximate surface area is 104 Å². The third-order valence-corrected chi connectivity index (χ3v) is 0. The average molecular weight is 225 g/mol. The van der Waals surface area contributed by atoms with Crippen LogP contribution in [0.5, 0.6) is 0 Å². The molecule has 0 fully saturated rings. The van der Waals surface area contributed by atoms with Crippen LogP contribution in [0.15, 0.2) is 0 Å². The van der Waals surface area contributed by atoms with Gasteiger partial charge in [0.25, 0.3) is 0 Å². The molecule has 104 valence electrons. The van der Waals surface area contributed by atoms with E-state index in [1.807, 2.05) is 69.2 Å². The van der Waals surface area contributed by atoms with Crippen LogP contribution in [0.25, 0.3) is 0 Å². The maximum atomic E-state index is 2.17. The molecule has 0 atom stereocenters. The summed E-state index contributed by atoms with van der Waals surface area (Å²) >= 11 is 0. The Bertz CT molecular complexity index is 4.75. The van der Waals surface area contributed by atoms with E-state index in [0.717, 1.165) is 5.92 Å². The summed E-state index contributed by atoms with van der Waals surface area (Å²) in [7, 11) is 0. The summed E-state index contributed by atoms with van der Waals surface area (Å²) in [6.07, 6.45) is 0. The highest BCUT2D eigenvalue weighted by Crippen LogP contribution is 1.81. The van der Waals surface area contributed by atoms with Crippen LogP contribution in [0.2, 0.25) is 0 Å². The van der Waals surface area contributed by atoms with E-state index < -0.39 is 0 Å². The molecule has 0 N–H and O–H groups in total. The quantitative estimate of drug-likeness (QED) is 0.401. The summed E-state index contributed by atoms with van der Waals surface area (Å²) in [5.41, 5.74) is 0. The van der Waals surface area contributed by atoms with E-state index in [4.69, 9.17) is 0 Å². The van der Waals surface area contributed by atoms with Crippen molar-refractivity contribution in [2.75, 3.05) is 0 Å². The molecule has 0 saturated carbocycles. The monoisotopic (exact) mass is 224 g/mol. The molecule has 0 rings (SSSR count). The number of hydrogen-bond acceptors (Lipinski definition) is 0. The van der Waals surface area contributed by atoms with Gasteiger partial charge >= 0.3 is 0 Å². The molecule has 0 amide bonds. The molecule has 0 unspecified atom stereocenters. The highest BCUT2D eigenvalue weighted by molar-refractivity contribution is 4.20. The SMILES string of the molecule is C.CC.CC.CC.CC.CC.CC(C)C. The standard InChI is InChI=1S/C4H10.5C2H6.CH4/c1-4(2)3;5*1-2;/h4H,1-3H3;5*1-2H3;1H4. The minimum absolute atomic E-state index is 0. The van der Waals surface area contributed by atoms with E-state index in [9.17, 15) is 0 Å². The predicted octanol–water partition coefficient (Wildman–Crippen LogP) is 7.43. The summed E-state index contributed by atoms with van der Waals surface area (Å²) in [6.45, 7) is 26.5. The fraction of sp³-hybridized carbons (Fsp3) is 1.00. The first-order chi connectivity index (χ1) is 6.73. The molecule has 0 aliphatic rings. The Morgan fingerprint density at radius 3 is 0.400 bits per heavy atom. The molecule has 0 aromatic heterocycles. The first-order valence-electron chi connectivity index (χ1n) is 6.73. The minimum Gasteiger partial charge on any atom is -0.0776 e. The Morgan fingerprint density at radius 2 is 0.400 bits per heavy atom. The van der Waals surface area contributed by atoms with Gasteiger partial charge in [-0.2, -0.15) is 0 Å². The summed E-state index contributed by atoms with van der Waals surface area (Å²) in [4.78, 5) is 0. The van der Waals surface area contributed by atoms with Gasteiger partial charge in [0.2, 0.25) is 0 Å². The fourth-order valence-corrected chi connectivity index (χ4v) is 0. The van der Waals surface area contributed by atoms with Crippen LogP contribution in [0.4, 0.5) is 0 Å². The van der Waals surface area contributed by atoms with Crippen molar-refractivity contribution in [1.29, 1.82) is 0 Å². The second-order valence-electron chi connectivity index (χ2n) is 1.73. The van der Waals surface area contributed by atoms with Crippen LogP contribution in [0, 0.1) is 5.92 Å². The molecule has 0 heterocycles. The van der Waals surface area contributed by atoms with E-state index in [0.29, 0.717) is 0 Å². The van der Waals surface area contributed by atoms with E-state index in [1.54, 1.807) is 0 Å². The van der Waals surface area contributed by atoms with Crippen molar-refractivity contribution in [1.82, 2.24) is 0 Å². The normalized spacial score (nSPS) is 4.40. The molecule has 0 bridgehead atoms. The summed E-state index contributed by atoms with van der Waals surface area (Å²) in [5, 5.41) is 0.